The summed E-state index contributed by atoms with van der Waals surface area (Å²) in [5.41, 5.74) is 0. The van der Waals surface area contributed by atoms with Crippen LogP contribution in [0.15, 0.2) is 11.8 Å². The molecule has 0 saturated heterocycles. The number of hydrogen-bond donors (Lipinski definition) is 0. The summed E-state index contributed by atoms with van der Waals surface area (Å²) in [5.74, 6) is 0.714. The van der Waals surface area contributed by atoms with Gasteiger partial charge in [-0.1, -0.05) is 0 Å². The Balaban J connectivity index is 3.69. The Hall–Kier alpha value is -0.790. The van der Waals surface area contributed by atoms with Crippen molar-refractivity contribution in [1.29, 1.82) is 0 Å². The summed E-state index contributed by atoms with van der Waals surface area (Å²) in [6.07, 6.45) is 1.48. The van der Waals surface area contributed by atoms with Crippen molar-refractivity contribution in [2.75, 3.05) is 6.61 Å². The highest BCUT2D eigenvalue weighted by molar-refractivity contribution is 5.87. The van der Waals surface area contributed by atoms with E-state index in [4.69, 9.17) is 4.74 Å². The zero-order valence-electron chi connectivity index (χ0n) is 6.10. The number of allylic oxidation sites excluding steroid dienone is 2. The number of ether oxygens (including phenoxy) is 1. The molecule has 0 unspecified atom stereocenters. The fourth-order valence-electron chi connectivity index (χ4n) is 0.556. The predicted molar refractivity (Wildman–Crippen MR) is 36.1 cm³/mol. The molecule has 0 rings (SSSR count). The summed E-state index contributed by atoms with van der Waals surface area (Å²) in [6, 6.07) is 0. The SMILES string of the molecule is CCOC(C)=CC(C)=O. The van der Waals surface area contributed by atoms with Crippen LogP contribution < -0.4 is 0 Å². The van der Waals surface area contributed by atoms with Gasteiger partial charge in [0.15, 0.2) is 5.78 Å². The molecule has 2 nitrogen and oxygen atoms in total. The van der Waals surface area contributed by atoms with Crippen LogP contribution in [-0.4, -0.2) is 12.4 Å². The van der Waals surface area contributed by atoms with Crippen molar-refractivity contribution in [3.8, 4) is 0 Å². The first kappa shape index (κ1) is 8.21. The second-order valence-electron chi connectivity index (χ2n) is 1.80. The van der Waals surface area contributed by atoms with E-state index in [1.165, 1.54) is 13.0 Å². The zero-order valence-corrected chi connectivity index (χ0v) is 6.10. The van der Waals surface area contributed by atoms with E-state index in [0.29, 0.717) is 12.4 Å². The lowest BCUT2D eigenvalue weighted by Crippen LogP contribution is -1.90. The quantitative estimate of drug-likeness (QED) is 0.425. The number of rotatable bonds is 3. The first-order valence-corrected chi connectivity index (χ1v) is 2.98. The van der Waals surface area contributed by atoms with Crippen molar-refractivity contribution in [2.24, 2.45) is 0 Å². The van der Waals surface area contributed by atoms with Crippen molar-refractivity contribution in [1.82, 2.24) is 0 Å². The molecule has 0 aliphatic rings. The van der Waals surface area contributed by atoms with Gasteiger partial charge in [-0.15, -0.1) is 0 Å². The number of carbonyl (C=O) groups is 1. The molecule has 0 aliphatic heterocycles. The monoisotopic (exact) mass is 128 g/mol. The van der Waals surface area contributed by atoms with Crippen LogP contribution in [0, 0.1) is 0 Å². The zero-order chi connectivity index (χ0) is 7.28. The Kier molecular flexibility index (Phi) is 3.76. The number of hydrogen-bond acceptors (Lipinski definition) is 2. The van der Waals surface area contributed by atoms with Crippen LogP contribution in [-0.2, 0) is 9.53 Å². The topological polar surface area (TPSA) is 26.3 Å². The smallest absolute Gasteiger partial charge is 0.155 e. The van der Waals surface area contributed by atoms with Gasteiger partial charge in [-0.2, -0.15) is 0 Å². The van der Waals surface area contributed by atoms with E-state index in [0.717, 1.165) is 0 Å². The Bertz CT molecular complexity index is 125. The molecule has 2 heteroatoms. The van der Waals surface area contributed by atoms with Crippen LogP contribution in [0.4, 0.5) is 0 Å². The van der Waals surface area contributed by atoms with Crippen LogP contribution >= 0.6 is 0 Å². The van der Waals surface area contributed by atoms with Crippen molar-refractivity contribution in [3.63, 3.8) is 0 Å². The van der Waals surface area contributed by atoms with Gasteiger partial charge in [0, 0.05) is 6.08 Å². The molecule has 0 aromatic rings. The van der Waals surface area contributed by atoms with Crippen LogP contribution in [0.1, 0.15) is 20.8 Å². The molecule has 0 aromatic heterocycles. The standard InChI is InChI=1S/C7H12O2/c1-4-9-7(3)5-6(2)8/h5H,4H2,1-3H3. The molecule has 0 aliphatic carbocycles. The van der Waals surface area contributed by atoms with E-state index < -0.39 is 0 Å². The third-order valence-electron chi connectivity index (χ3n) is 0.779. The van der Waals surface area contributed by atoms with Crippen LogP contribution in [0.5, 0.6) is 0 Å². The van der Waals surface area contributed by atoms with Crippen molar-refractivity contribution >= 4 is 5.78 Å². The molecule has 0 radical (unpaired) electrons. The van der Waals surface area contributed by atoms with Crippen molar-refractivity contribution in [2.45, 2.75) is 20.8 Å². The highest BCUT2D eigenvalue weighted by Gasteiger charge is 1.88. The minimum atomic E-state index is 0.0287. The molecule has 0 saturated carbocycles. The molecule has 0 N–H and O–H groups in total. The Morgan fingerprint density at radius 3 is 2.44 bits per heavy atom. The van der Waals surface area contributed by atoms with Gasteiger partial charge in [0.2, 0.25) is 0 Å². The maximum absolute atomic E-state index is 10.4. The van der Waals surface area contributed by atoms with Gasteiger partial charge < -0.3 is 4.74 Å². The fraction of sp³-hybridized carbons (Fsp3) is 0.571. The molecule has 0 atom stereocenters. The minimum absolute atomic E-state index is 0.0287. The maximum atomic E-state index is 10.4. The lowest BCUT2D eigenvalue weighted by atomic mass is 10.4. The first-order valence-electron chi connectivity index (χ1n) is 2.98. The maximum Gasteiger partial charge on any atom is 0.155 e. The molecule has 52 valence electrons. The van der Waals surface area contributed by atoms with Gasteiger partial charge in [-0.05, 0) is 20.8 Å². The third-order valence-corrected chi connectivity index (χ3v) is 0.779. The van der Waals surface area contributed by atoms with Gasteiger partial charge in [0.05, 0.1) is 12.4 Å². The van der Waals surface area contributed by atoms with Gasteiger partial charge in [0.25, 0.3) is 0 Å². The van der Waals surface area contributed by atoms with E-state index in [1.807, 2.05) is 6.92 Å². The van der Waals surface area contributed by atoms with E-state index in [-0.39, 0.29) is 5.78 Å². The van der Waals surface area contributed by atoms with Crippen LogP contribution in [0.2, 0.25) is 0 Å². The first-order chi connectivity index (χ1) is 4.16. The predicted octanol–water partition coefficient (Wildman–Crippen LogP) is 1.52. The summed E-state index contributed by atoms with van der Waals surface area (Å²) in [5, 5.41) is 0. The van der Waals surface area contributed by atoms with Crippen molar-refractivity contribution < 1.29 is 9.53 Å². The van der Waals surface area contributed by atoms with Crippen molar-refractivity contribution in [3.05, 3.63) is 11.8 Å². The number of carbonyl (C=O) groups excluding carboxylic acids is 1. The lowest BCUT2D eigenvalue weighted by molar-refractivity contribution is -0.112. The molecule has 0 fully saturated rings. The molecular formula is C7H12O2. The second kappa shape index (κ2) is 4.13. The van der Waals surface area contributed by atoms with Gasteiger partial charge >= 0.3 is 0 Å². The average Bonchev–Trinajstić information content (AvgIpc) is 1.63. The van der Waals surface area contributed by atoms with E-state index in [2.05, 4.69) is 0 Å². The highest BCUT2D eigenvalue weighted by atomic mass is 16.5. The van der Waals surface area contributed by atoms with Gasteiger partial charge in [-0.3, -0.25) is 4.79 Å². The van der Waals surface area contributed by atoms with Gasteiger partial charge in [0.1, 0.15) is 0 Å². The summed E-state index contributed by atoms with van der Waals surface area (Å²) < 4.78 is 4.99. The Labute approximate surface area is 55.5 Å². The minimum Gasteiger partial charge on any atom is -0.498 e. The second-order valence-corrected chi connectivity index (χ2v) is 1.80. The molecule has 9 heavy (non-hydrogen) atoms. The highest BCUT2D eigenvalue weighted by Crippen LogP contribution is 1.93. The number of ketones is 1. The van der Waals surface area contributed by atoms with E-state index >= 15 is 0 Å². The van der Waals surface area contributed by atoms with E-state index in [1.54, 1.807) is 6.92 Å². The van der Waals surface area contributed by atoms with E-state index in [9.17, 15) is 4.79 Å². The van der Waals surface area contributed by atoms with Gasteiger partial charge in [-0.25, -0.2) is 0 Å². The Morgan fingerprint density at radius 1 is 1.56 bits per heavy atom. The fourth-order valence-corrected chi connectivity index (χ4v) is 0.556. The van der Waals surface area contributed by atoms with Crippen LogP contribution in [0.3, 0.4) is 0 Å². The molecule has 0 bridgehead atoms. The largest absolute Gasteiger partial charge is 0.498 e. The molecular weight excluding hydrogens is 116 g/mol. The normalized spacial score (nSPS) is 11.2. The Morgan fingerprint density at radius 2 is 2.11 bits per heavy atom. The molecule has 0 aromatic carbocycles. The third kappa shape index (κ3) is 5.07. The summed E-state index contributed by atoms with van der Waals surface area (Å²) in [7, 11) is 0. The summed E-state index contributed by atoms with van der Waals surface area (Å²) in [6.45, 7) is 5.78. The summed E-state index contributed by atoms with van der Waals surface area (Å²) >= 11 is 0. The molecule has 0 amide bonds. The summed E-state index contributed by atoms with van der Waals surface area (Å²) in [4.78, 5) is 10.4. The molecule has 0 spiro atoms. The lowest BCUT2D eigenvalue weighted by Gasteiger charge is -1.99. The molecule has 0 heterocycles. The van der Waals surface area contributed by atoms with Crippen LogP contribution in [0.25, 0.3) is 0 Å². The average molecular weight is 128 g/mol.